The predicted molar refractivity (Wildman–Crippen MR) is 122 cm³/mol. The maximum atomic E-state index is 12.6. The molecular weight excluding hydrogens is 410 g/mol. The van der Waals surface area contributed by atoms with Crippen molar-refractivity contribution >= 4 is 29.1 Å². The molecule has 0 saturated carbocycles. The van der Waals surface area contributed by atoms with Gasteiger partial charge in [0.2, 0.25) is 0 Å². The van der Waals surface area contributed by atoms with Gasteiger partial charge in [-0.15, -0.1) is 0 Å². The van der Waals surface area contributed by atoms with Crippen molar-refractivity contribution in [3.8, 4) is 11.3 Å². The normalized spacial score (nSPS) is 16.5. The Kier molecular flexibility index (Phi) is 5.79. The molecule has 1 saturated heterocycles. The zero-order valence-electron chi connectivity index (χ0n) is 17.0. The number of hydrogen-bond acceptors (Lipinski definition) is 7. The maximum Gasteiger partial charge on any atom is 0.275 e. The Hall–Kier alpha value is -3.01. The lowest BCUT2D eigenvalue weighted by atomic mass is 10.1. The number of anilines is 1. The van der Waals surface area contributed by atoms with Gasteiger partial charge in [0.25, 0.3) is 5.91 Å². The molecular formula is C22H23N7OS. The van der Waals surface area contributed by atoms with E-state index in [0.29, 0.717) is 5.69 Å². The van der Waals surface area contributed by atoms with Crippen LogP contribution in [-0.2, 0) is 0 Å². The van der Waals surface area contributed by atoms with Gasteiger partial charge in [-0.05, 0) is 6.07 Å². The van der Waals surface area contributed by atoms with Crippen LogP contribution in [0.25, 0.3) is 17.0 Å². The zero-order valence-corrected chi connectivity index (χ0v) is 17.8. The van der Waals surface area contributed by atoms with Gasteiger partial charge in [-0.3, -0.25) is 19.2 Å². The number of aromatic nitrogens is 4. The van der Waals surface area contributed by atoms with Crippen LogP contribution in [0.2, 0.25) is 0 Å². The largest absolute Gasteiger partial charge is 0.320 e. The first-order valence-electron chi connectivity index (χ1n) is 10.3. The number of fused-ring (bicyclic) bond motifs is 1. The number of carbonyl (C=O) groups is 1. The summed E-state index contributed by atoms with van der Waals surface area (Å²) in [5, 5.41) is 7.34. The number of nitrogens with one attached hydrogen (secondary N) is 2. The molecule has 0 unspecified atom stereocenters. The number of rotatable bonds is 5. The molecule has 0 atom stereocenters. The number of nitrogens with zero attached hydrogens (tertiary/aromatic N) is 5. The molecule has 2 aromatic heterocycles. The van der Waals surface area contributed by atoms with E-state index in [0.717, 1.165) is 54.9 Å². The number of imidazole rings is 1. The van der Waals surface area contributed by atoms with Gasteiger partial charge in [0.1, 0.15) is 5.69 Å². The van der Waals surface area contributed by atoms with Gasteiger partial charge in [-0.25, -0.2) is 9.97 Å². The number of benzene rings is 1. The Balaban J connectivity index is 1.41. The third-order valence-corrected chi connectivity index (χ3v) is 6.24. The molecule has 4 heterocycles. The lowest BCUT2D eigenvalue weighted by Crippen LogP contribution is -2.44. The highest BCUT2D eigenvalue weighted by atomic mass is 32.2. The van der Waals surface area contributed by atoms with Gasteiger partial charge in [-0.2, -0.15) is 0 Å². The monoisotopic (exact) mass is 433 g/mol. The van der Waals surface area contributed by atoms with Crippen LogP contribution in [0, 0.1) is 0 Å². The molecule has 2 N–H and O–H groups in total. The number of thioether (sulfide) groups is 1. The summed E-state index contributed by atoms with van der Waals surface area (Å²) in [6.45, 7) is 5.08. The third-order valence-electron chi connectivity index (χ3n) is 5.36. The van der Waals surface area contributed by atoms with Crippen LogP contribution in [0.4, 0.5) is 5.69 Å². The summed E-state index contributed by atoms with van der Waals surface area (Å²) in [5.41, 5.74) is 3.95. The predicted octanol–water partition coefficient (Wildman–Crippen LogP) is 2.44. The maximum absolute atomic E-state index is 12.6. The van der Waals surface area contributed by atoms with E-state index in [4.69, 9.17) is 4.98 Å². The molecule has 0 spiro atoms. The van der Waals surface area contributed by atoms with E-state index in [9.17, 15) is 4.79 Å². The van der Waals surface area contributed by atoms with Crippen molar-refractivity contribution in [3.63, 3.8) is 0 Å². The van der Waals surface area contributed by atoms with Crippen LogP contribution < -0.4 is 10.6 Å². The molecule has 0 aliphatic carbocycles. The molecule has 9 heteroatoms. The molecule has 31 heavy (non-hydrogen) atoms. The fourth-order valence-corrected chi connectivity index (χ4v) is 4.67. The smallest absolute Gasteiger partial charge is 0.275 e. The van der Waals surface area contributed by atoms with Gasteiger partial charge in [-0.1, -0.05) is 36.0 Å². The number of para-hydroxylation sites is 1. The fourth-order valence-electron chi connectivity index (χ4n) is 3.77. The molecule has 1 amide bonds. The molecule has 1 fully saturated rings. The van der Waals surface area contributed by atoms with E-state index in [1.807, 2.05) is 24.3 Å². The summed E-state index contributed by atoms with van der Waals surface area (Å²) in [4.78, 5) is 28.0. The van der Waals surface area contributed by atoms with Gasteiger partial charge < -0.3 is 10.6 Å². The Morgan fingerprint density at radius 1 is 1.19 bits per heavy atom. The van der Waals surface area contributed by atoms with E-state index in [2.05, 4.69) is 42.3 Å². The number of piperazine rings is 1. The van der Waals surface area contributed by atoms with Crippen molar-refractivity contribution in [2.45, 2.75) is 5.16 Å². The summed E-state index contributed by atoms with van der Waals surface area (Å²) in [6.07, 6.45) is 8.87. The van der Waals surface area contributed by atoms with E-state index in [1.54, 1.807) is 18.0 Å². The van der Waals surface area contributed by atoms with Crippen molar-refractivity contribution in [2.24, 2.45) is 0 Å². The summed E-state index contributed by atoms with van der Waals surface area (Å²) in [5.74, 6) is 0.626. The average Bonchev–Trinajstić information content (AvgIpc) is 3.26. The van der Waals surface area contributed by atoms with Crippen LogP contribution in [0.1, 0.15) is 10.5 Å². The van der Waals surface area contributed by atoms with E-state index in [-0.39, 0.29) is 11.6 Å². The molecule has 3 aromatic rings. The second-order valence-corrected chi connectivity index (χ2v) is 8.39. The minimum Gasteiger partial charge on any atom is -0.320 e. The van der Waals surface area contributed by atoms with Crippen LogP contribution in [0.5, 0.6) is 0 Å². The highest BCUT2D eigenvalue weighted by Crippen LogP contribution is 2.34. The molecule has 0 radical (unpaired) electrons. The summed E-state index contributed by atoms with van der Waals surface area (Å²) in [7, 11) is 0. The van der Waals surface area contributed by atoms with Crippen LogP contribution in [-0.4, -0.2) is 68.8 Å². The molecule has 158 valence electrons. The Bertz CT molecular complexity index is 1110. The first-order valence-corrected chi connectivity index (χ1v) is 11.3. The fraction of sp³-hybridized carbons (Fsp3) is 0.273. The topological polar surface area (TPSA) is 88.0 Å². The molecule has 0 bridgehead atoms. The van der Waals surface area contributed by atoms with Crippen molar-refractivity contribution < 1.29 is 4.79 Å². The average molecular weight is 434 g/mol. The lowest BCUT2D eigenvalue weighted by Gasteiger charge is -2.29. The van der Waals surface area contributed by atoms with E-state index in [1.165, 1.54) is 18.1 Å². The highest BCUT2D eigenvalue weighted by molar-refractivity contribution is 7.99. The van der Waals surface area contributed by atoms with Crippen LogP contribution in [0.3, 0.4) is 0 Å². The van der Waals surface area contributed by atoms with E-state index < -0.39 is 0 Å². The quantitative estimate of drug-likeness (QED) is 0.639. The zero-order chi connectivity index (χ0) is 21.0. The highest BCUT2D eigenvalue weighted by Gasteiger charge is 2.21. The van der Waals surface area contributed by atoms with Crippen molar-refractivity contribution in [1.82, 2.24) is 29.7 Å². The Morgan fingerprint density at radius 3 is 2.90 bits per heavy atom. The van der Waals surface area contributed by atoms with Crippen molar-refractivity contribution in [1.29, 1.82) is 0 Å². The second kappa shape index (κ2) is 9.01. The van der Waals surface area contributed by atoms with Crippen LogP contribution in [0.15, 0.2) is 60.3 Å². The van der Waals surface area contributed by atoms with Gasteiger partial charge in [0, 0.05) is 68.3 Å². The minimum absolute atomic E-state index is 0.276. The number of carbonyl (C=O) groups excluding carboxylic acids is 1. The third kappa shape index (κ3) is 4.39. The first-order chi connectivity index (χ1) is 15.3. The first kappa shape index (κ1) is 19.9. The van der Waals surface area contributed by atoms with Gasteiger partial charge in [0.05, 0.1) is 17.6 Å². The second-order valence-electron chi connectivity index (χ2n) is 7.40. The summed E-state index contributed by atoms with van der Waals surface area (Å²) in [6, 6.07) is 7.71. The number of hydrogen-bond donors (Lipinski definition) is 2. The Morgan fingerprint density at radius 2 is 2.06 bits per heavy atom. The minimum atomic E-state index is -0.293. The van der Waals surface area contributed by atoms with Crippen molar-refractivity contribution in [2.75, 3.05) is 43.8 Å². The molecule has 2 aliphatic heterocycles. The standard InChI is InChI=1S/C22H23N7OS/c30-21(19-13-24-6-7-25-19)26-18-4-2-1-3-17(18)20-15-29-16(5-12-31-22(29)27-20)14-28-10-8-23-9-11-28/h1-7,13,15,23H,8-12,14H2,(H,26,30). The lowest BCUT2D eigenvalue weighted by molar-refractivity contribution is 0.102. The van der Waals surface area contributed by atoms with Crippen molar-refractivity contribution in [3.05, 3.63) is 60.8 Å². The van der Waals surface area contributed by atoms with Crippen LogP contribution >= 0.6 is 11.8 Å². The SMILES string of the molecule is O=C(Nc1ccccc1-c1cn2c(n1)SCC=C2CN1CCNCC1)c1cnccn1. The molecule has 5 rings (SSSR count). The summed E-state index contributed by atoms with van der Waals surface area (Å²) < 4.78 is 2.19. The molecule has 1 aromatic carbocycles. The molecule has 2 aliphatic rings. The van der Waals surface area contributed by atoms with Gasteiger partial charge >= 0.3 is 0 Å². The Labute approximate surface area is 184 Å². The summed E-state index contributed by atoms with van der Waals surface area (Å²) >= 11 is 1.73. The van der Waals surface area contributed by atoms with E-state index >= 15 is 0 Å². The number of amides is 1. The van der Waals surface area contributed by atoms with Gasteiger partial charge in [0.15, 0.2) is 5.16 Å². The molecule has 8 nitrogen and oxygen atoms in total.